The second-order valence-corrected chi connectivity index (χ2v) is 5.47. The smallest absolute Gasteiger partial charge is 0.0206 e. The monoisotopic (exact) mass is 292 g/mol. The summed E-state index contributed by atoms with van der Waals surface area (Å²) in [5.74, 6) is 0.546. The predicted octanol–water partition coefficient (Wildman–Crippen LogP) is 5.70. The Bertz CT molecular complexity index is 380. The first-order chi connectivity index (χ1) is 8.11. The van der Waals surface area contributed by atoms with Gasteiger partial charge in [0, 0.05) is 4.48 Å². The van der Waals surface area contributed by atoms with Crippen LogP contribution in [0.4, 0.5) is 0 Å². The Morgan fingerprint density at radius 2 is 2.24 bits per heavy atom. The molecule has 0 N–H and O–H groups in total. The minimum absolute atomic E-state index is 0.546. The summed E-state index contributed by atoms with van der Waals surface area (Å²) in [6, 6.07) is 0. The summed E-state index contributed by atoms with van der Waals surface area (Å²) in [5, 5.41) is 0. The number of hydrogen-bond donors (Lipinski definition) is 0. The molecule has 0 amide bonds. The molecule has 92 valence electrons. The molecule has 0 heterocycles. The van der Waals surface area contributed by atoms with Crippen molar-refractivity contribution in [1.29, 1.82) is 0 Å². The summed E-state index contributed by atoms with van der Waals surface area (Å²) < 4.78 is 1.20. The van der Waals surface area contributed by atoms with Gasteiger partial charge in [-0.15, -0.1) is 0 Å². The van der Waals surface area contributed by atoms with E-state index in [4.69, 9.17) is 0 Å². The van der Waals surface area contributed by atoms with Crippen molar-refractivity contribution < 1.29 is 0 Å². The van der Waals surface area contributed by atoms with Crippen LogP contribution in [0.2, 0.25) is 0 Å². The van der Waals surface area contributed by atoms with Crippen LogP contribution < -0.4 is 0 Å². The van der Waals surface area contributed by atoms with Crippen LogP contribution in [0.15, 0.2) is 58.7 Å². The molecule has 0 spiro atoms. The average Bonchev–Trinajstić information content (AvgIpc) is 2.33. The van der Waals surface area contributed by atoms with Crippen molar-refractivity contribution in [3.8, 4) is 0 Å². The SMILES string of the molecule is C=C(C)C/C=C/C1=C(Br)\C=C/C/C=C\CC1C. The van der Waals surface area contributed by atoms with E-state index in [-0.39, 0.29) is 0 Å². The first-order valence-electron chi connectivity index (χ1n) is 6.13. The van der Waals surface area contributed by atoms with Gasteiger partial charge in [-0.05, 0) is 37.7 Å². The summed E-state index contributed by atoms with van der Waals surface area (Å²) in [5.41, 5.74) is 2.57. The van der Waals surface area contributed by atoms with E-state index in [2.05, 4.69) is 72.8 Å². The molecule has 0 fully saturated rings. The van der Waals surface area contributed by atoms with E-state index >= 15 is 0 Å². The minimum Gasteiger partial charge on any atom is -0.0998 e. The largest absolute Gasteiger partial charge is 0.0998 e. The Kier molecular flexibility index (Phi) is 6.28. The molecule has 1 aliphatic rings. The maximum Gasteiger partial charge on any atom is 0.0206 e. The van der Waals surface area contributed by atoms with Crippen molar-refractivity contribution in [2.45, 2.75) is 33.1 Å². The van der Waals surface area contributed by atoms with E-state index < -0.39 is 0 Å². The molecule has 0 bridgehead atoms. The molecule has 0 radical (unpaired) electrons. The Morgan fingerprint density at radius 3 is 2.94 bits per heavy atom. The molecule has 0 aromatic rings. The van der Waals surface area contributed by atoms with E-state index in [0.29, 0.717) is 5.92 Å². The Hall–Kier alpha value is -0.820. The van der Waals surface area contributed by atoms with Gasteiger partial charge < -0.3 is 0 Å². The fourth-order valence-electron chi connectivity index (χ4n) is 1.74. The zero-order valence-corrected chi connectivity index (χ0v) is 12.3. The molecule has 0 aliphatic heterocycles. The second-order valence-electron chi connectivity index (χ2n) is 4.61. The fourth-order valence-corrected chi connectivity index (χ4v) is 2.45. The van der Waals surface area contributed by atoms with Crippen molar-refractivity contribution >= 4 is 15.9 Å². The molecule has 1 heteroatoms. The van der Waals surface area contributed by atoms with Gasteiger partial charge in [0.2, 0.25) is 0 Å². The summed E-state index contributed by atoms with van der Waals surface area (Å²) in [6.45, 7) is 8.25. The molecular formula is C16H21Br. The molecule has 0 aromatic heterocycles. The summed E-state index contributed by atoms with van der Waals surface area (Å²) >= 11 is 3.67. The third kappa shape index (κ3) is 5.36. The number of hydrogen-bond acceptors (Lipinski definition) is 0. The van der Waals surface area contributed by atoms with Crippen molar-refractivity contribution in [2.24, 2.45) is 5.92 Å². The highest BCUT2D eigenvalue weighted by atomic mass is 79.9. The normalized spacial score (nSPS) is 29.5. The minimum atomic E-state index is 0.546. The summed E-state index contributed by atoms with van der Waals surface area (Å²) in [6.07, 6.45) is 16.3. The average molecular weight is 293 g/mol. The van der Waals surface area contributed by atoms with Crippen molar-refractivity contribution in [2.75, 3.05) is 0 Å². The van der Waals surface area contributed by atoms with Gasteiger partial charge in [0.25, 0.3) is 0 Å². The topological polar surface area (TPSA) is 0 Å². The number of halogens is 1. The highest BCUT2D eigenvalue weighted by molar-refractivity contribution is 9.11. The molecule has 0 saturated heterocycles. The highest BCUT2D eigenvalue weighted by Gasteiger charge is 2.08. The van der Waals surface area contributed by atoms with Crippen LogP contribution in [0.5, 0.6) is 0 Å². The molecule has 1 atom stereocenters. The zero-order chi connectivity index (χ0) is 12.7. The first kappa shape index (κ1) is 14.2. The zero-order valence-electron chi connectivity index (χ0n) is 10.7. The molecule has 1 aliphatic carbocycles. The molecule has 1 unspecified atom stereocenters. The van der Waals surface area contributed by atoms with Crippen molar-refractivity contribution in [1.82, 2.24) is 0 Å². The van der Waals surface area contributed by atoms with Gasteiger partial charge in [-0.2, -0.15) is 0 Å². The Labute approximate surface area is 114 Å². The van der Waals surface area contributed by atoms with Gasteiger partial charge in [0.05, 0.1) is 0 Å². The van der Waals surface area contributed by atoms with Gasteiger partial charge in [0.1, 0.15) is 0 Å². The molecule has 0 nitrogen and oxygen atoms in total. The van der Waals surface area contributed by atoms with Crippen LogP contribution in [0.1, 0.15) is 33.1 Å². The van der Waals surface area contributed by atoms with Crippen molar-refractivity contribution in [3.63, 3.8) is 0 Å². The van der Waals surface area contributed by atoms with Crippen LogP contribution in [-0.2, 0) is 0 Å². The highest BCUT2D eigenvalue weighted by Crippen LogP contribution is 2.26. The van der Waals surface area contributed by atoms with Gasteiger partial charge in [-0.1, -0.05) is 71.5 Å². The first-order valence-corrected chi connectivity index (χ1v) is 6.92. The molecule has 17 heavy (non-hydrogen) atoms. The molecular weight excluding hydrogens is 272 g/mol. The van der Waals surface area contributed by atoms with E-state index in [0.717, 1.165) is 19.3 Å². The predicted molar refractivity (Wildman–Crippen MR) is 81.2 cm³/mol. The lowest BCUT2D eigenvalue weighted by molar-refractivity contribution is 0.710. The van der Waals surface area contributed by atoms with Gasteiger partial charge in [0.15, 0.2) is 0 Å². The van der Waals surface area contributed by atoms with Gasteiger partial charge in [-0.3, -0.25) is 0 Å². The second kappa shape index (κ2) is 7.50. The van der Waals surface area contributed by atoms with Crippen molar-refractivity contribution in [3.05, 3.63) is 58.7 Å². The maximum absolute atomic E-state index is 3.92. The van der Waals surface area contributed by atoms with Crippen LogP contribution in [0.25, 0.3) is 0 Å². The Morgan fingerprint density at radius 1 is 1.47 bits per heavy atom. The van der Waals surface area contributed by atoms with Crippen LogP contribution in [-0.4, -0.2) is 0 Å². The lowest BCUT2D eigenvalue weighted by Crippen LogP contribution is -1.97. The molecule has 0 saturated carbocycles. The molecule has 0 aromatic carbocycles. The Balaban J connectivity index is 2.88. The van der Waals surface area contributed by atoms with E-state index in [1.54, 1.807) is 0 Å². The molecule has 1 rings (SSSR count). The fraction of sp³-hybridized carbons (Fsp3) is 0.375. The van der Waals surface area contributed by atoms with Gasteiger partial charge in [-0.25, -0.2) is 0 Å². The standard InChI is InChI=1S/C16H21Br/c1-13(2)9-8-11-15-14(3)10-6-4-5-7-12-16(15)17/h4,6-8,11-12,14H,1,5,9-10H2,2-3H3/b6-4-,11-8+,12-7-,16-15-. The lowest BCUT2D eigenvalue weighted by Gasteiger charge is -2.12. The van der Waals surface area contributed by atoms with E-state index in [1.165, 1.54) is 15.6 Å². The number of rotatable bonds is 3. The quantitative estimate of drug-likeness (QED) is 0.585. The van der Waals surface area contributed by atoms with Crippen LogP contribution in [0.3, 0.4) is 0 Å². The van der Waals surface area contributed by atoms with Gasteiger partial charge >= 0.3 is 0 Å². The van der Waals surface area contributed by atoms with Crippen LogP contribution >= 0.6 is 15.9 Å². The summed E-state index contributed by atoms with van der Waals surface area (Å²) in [4.78, 5) is 0. The summed E-state index contributed by atoms with van der Waals surface area (Å²) in [7, 11) is 0. The van der Waals surface area contributed by atoms with E-state index in [1.807, 2.05) is 0 Å². The lowest BCUT2D eigenvalue weighted by atomic mass is 9.96. The third-order valence-corrected chi connectivity index (χ3v) is 3.49. The van der Waals surface area contributed by atoms with Crippen LogP contribution in [0, 0.1) is 5.92 Å². The number of allylic oxidation sites excluding steroid dienone is 9. The maximum atomic E-state index is 3.92. The third-order valence-electron chi connectivity index (χ3n) is 2.76. The van der Waals surface area contributed by atoms with E-state index in [9.17, 15) is 0 Å².